The Balaban J connectivity index is 0.000000392. The number of aromatic nitrogens is 2. The van der Waals surface area contributed by atoms with Crippen LogP contribution in [0.25, 0.3) is 0 Å². The lowest BCUT2D eigenvalue weighted by atomic mass is 9.74. The Morgan fingerprint density at radius 2 is 1.78 bits per heavy atom. The molecule has 1 aliphatic carbocycles. The first kappa shape index (κ1) is 27.2. The molecule has 0 unspecified atom stereocenters. The third kappa shape index (κ3) is 6.61. The van der Waals surface area contributed by atoms with Crippen molar-refractivity contribution in [2.45, 2.75) is 49.4 Å². The average Bonchev–Trinajstić information content (AvgIpc) is 2.87. The number of aliphatic hydroxyl groups is 1. The molecule has 1 aromatic carbocycles. The van der Waals surface area contributed by atoms with Crippen LogP contribution in [0.5, 0.6) is 11.5 Å². The van der Waals surface area contributed by atoms with Crippen molar-refractivity contribution in [1.29, 1.82) is 0 Å². The van der Waals surface area contributed by atoms with E-state index in [1.807, 2.05) is 31.6 Å². The molecule has 1 fully saturated rings. The number of carboxylic acid groups (broad SMARTS) is 2. The van der Waals surface area contributed by atoms with Crippen molar-refractivity contribution in [3.05, 3.63) is 53.4 Å². The molecule has 1 aromatic heterocycles. The highest BCUT2D eigenvalue weighted by atomic mass is 32.2. The Hall–Kier alpha value is -3.44. The van der Waals surface area contributed by atoms with E-state index >= 15 is 0 Å². The maximum Gasteiger partial charge on any atom is 0.328 e. The van der Waals surface area contributed by atoms with Gasteiger partial charge in [-0.25, -0.2) is 19.6 Å². The molecule has 10 nitrogen and oxygen atoms in total. The topological polar surface area (TPSA) is 151 Å². The molecule has 0 radical (unpaired) electrons. The minimum Gasteiger partial charge on any atom is -0.493 e. The van der Waals surface area contributed by atoms with Crippen LogP contribution in [0.3, 0.4) is 0 Å². The van der Waals surface area contributed by atoms with Crippen LogP contribution in [0.15, 0.2) is 46.8 Å². The SMILES string of the molecule is CCOc1cc2c(cc1OC)C(c1cnc(SC)nc1)=N[C@@H]1CC[C@@H](O)C[C@H]21.O=C(O)/C=C/C(=O)O. The molecule has 2 heterocycles. The van der Waals surface area contributed by atoms with Crippen LogP contribution in [0.2, 0.25) is 0 Å². The molecule has 2 aliphatic rings. The number of carbonyl (C=O) groups is 2. The number of carboxylic acids is 2. The Bertz CT molecular complexity index is 1140. The van der Waals surface area contributed by atoms with Crippen molar-refractivity contribution in [1.82, 2.24) is 9.97 Å². The summed E-state index contributed by atoms with van der Waals surface area (Å²) in [5.41, 5.74) is 3.96. The monoisotopic (exact) mass is 515 g/mol. The van der Waals surface area contributed by atoms with Crippen LogP contribution in [0, 0.1) is 0 Å². The summed E-state index contributed by atoms with van der Waals surface area (Å²) in [5, 5.41) is 26.6. The van der Waals surface area contributed by atoms with Gasteiger partial charge in [-0.05, 0) is 50.1 Å². The van der Waals surface area contributed by atoms with Gasteiger partial charge in [0.05, 0.1) is 31.6 Å². The minimum atomic E-state index is -1.26. The van der Waals surface area contributed by atoms with Gasteiger partial charge in [0.1, 0.15) is 0 Å². The van der Waals surface area contributed by atoms with E-state index in [2.05, 4.69) is 16.0 Å². The zero-order valence-corrected chi connectivity index (χ0v) is 21.1. The van der Waals surface area contributed by atoms with Crippen LogP contribution >= 0.6 is 11.8 Å². The zero-order valence-electron chi connectivity index (χ0n) is 20.2. The molecule has 0 saturated heterocycles. The van der Waals surface area contributed by atoms with Crippen LogP contribution in [-0.2, 0) is 9.59 Å². The fraction of sp³-hybridized carbons (Fsp3) is 0.400. The first-order valence-corrected chi connectivity index (χ1v) is 12.6. The molecule has 0 bridgehead atoms. The maximum absolute atomic E-state index is 10.3. The van der Waals surface area contributed by atoms with Crippen LogP contribution in [-0.4, -0.2) is 75.1 Å². The summed E-state index contributed by atoms with van der Waals surface area (Å²) in [6.45, 7) is 2.53. The van der Waals surface area contributed by atoms with Gasteiger partial charge in [-0.1, -0.05) is 11.8 Å². The molecule has 3 N–H and O–H groups in total. The van der Waals surface area contributed by atoms with Gasteiger partial charge < -0.3 is 24.8 Å². The predicted molar refractivity (Wildman–Crippen MR) is 134 cm³/mol. The van der Waals surface area contributed by atoms with Crippen molar-refractivity contribution < 1.29 is 34.4 Å². The third-order valence-electron chi connectivity index (χ3n) is 5.82. The standard InChI is InChI=1S/C21H25N3O3S.C4H4O4/c1-4-27-19-8-14-15-7-13(25)5-6-17(15)24-20(16(14)9-18(19)26-2)12-10-22-21(28-3)23-11-12;5-3(6)1-2-4(7)8/h8-11,13,15,17,25H,4-7H2,1-3H3;1-2H,(H,5,6)(H,7,8)/b;2-1+/t13-,15-,17-;/m1./s1. The fourth-order valence-corrected chi connectivity index (χ4v) is 4.60. The largest absolute Gasteiger partial charge is 0.493 e. The normalized spacial score (nSPS) is 20.3. The van der Waals surface area contributed by atoms with E-state index in [0.717, 1.165) is 46.1 Å². The number of fused-ring (bicyclic) bond motifs is 3. The number of ether oxygens (including phenoxy) is 2. The number of hydrogen-bond acceptors (Lipinski definition) is 9. The molecular weight excluding hydrogens is 486 g/mol. The van der Waals surface area contributed by atoms with E-state index in [0.29, 0.717) is 30.9 Å². The maximum atomic E-state index is 10.3. The summed E-state index contributed by atoms with van der Waals surface area (Å²) in [7, 11) is 1.65. The molecule has 36 heavy (non-hydrogen) atoms. The molecular formula is C25H29N3O7S. The lowest BCUT2D eigenvalue weighted by molar-refractivity contribution is -0.134. The highest BCUT2D eigenvalue weighted by Gasteiger charge is 2.37. The minimum absolute atomic E-state index is 0.147. The third-order valence-corrected chi connectivity index (χ3v) is 6.40. The number of thioether (sulfide) groups is 1. The summed E-state index contributed by atoms with van der Waals surface area (Å²) in [5.74, 6) is -0.915. The summed E-state index contributed by atoms with van der Waals surface area (Å²) < 4.78 is 11.4. The Kier molecular flexibility index (Phi) is 9.43. The summed E-state index contributed by atoms with van der Waals surface area (Å²) in [4.78, 5) is 33.0. The predicted octanol–water partition coefficient (Wildman–Crippen LogP) is 3.17. The van der Waals surface area contributed by atoms with Crippen molar-refractivity contribution in [2.75, 3.05) is 20.0 Å². The molecule has 192 valence electrons. The summed E-state index contributed by atoms with van der Waals surface area (Å²) in [6, 6.07) is 4.21. The van der Waals surface area contributed by atoms with Gasteiger partial charge in [0.25, 0.3) is 0 Å². The Morgan fingerprint density at radius 3 is 2.33 bits per heavy atom. The molecule has 11 heteroatoms. The Morgan fingerprint density at radius 1 is 1.11 bits per heavy atom. The van der Waals surface area contributed by atoms with Gasteiger partial charge in [-0.2, -0.15) is 0 Å². The van der Waals surface area contributed by atoms with E-state index in [4.69, 9.17) is 24.7 Å². The summed E-state index contributed by atoms with van der Waals surface area (Å²) >= 11 is 1.52. The van der Waals surface area contributed by atoms with Crippen LogP contribution in [0.1, 0.15) is 48.8 Å². The molecule has 0 amide bonds. The van der Waals surface area contributed by atoms with Gasteiger partial charge >= 0.3 is 11.9 Å². The van der Waals surface area contributed by atoms with Crippen molar-refractivity contribution in [3.63, 3.8) is 0 Å². The van der Waals surface area contributed by atoms with Crippen LogP contribution < -0.4 is 9.47 Å². The van der Waals surface area contributed by atoms with Gasteiger partial charge in [0, 0.05) is 41.6 Å². The smallest absolute Gasteiger partial charge is 0.328 e. The lowest BCUT2D eigenvalue weighted by Crippen LogP contribution is -2.34. The van der Waals surface area contributed by atoms with Gasteiger partial charge in [-0.3, -0.25) is 4.99 Å². The molecule has 3 atom stereocenters. The number of aliphatic hydroxyl groups excluding tert-OH is 1. The quantitative estimate of drug-likeness (QED) is 0.285. The van der Waals surface area contributed by atoms with E-state index in [1.54, 1.807) is 7.11 Å². The number of nitrogens with zero attached hydrogens (tertiary/aromatic N) is 3. The molecule has 0 spiro atoms. The fourth-order valence-electron chi connectivity index (χ4n) is 4.29. The average molecular weight is 516 g/mol. The number of methoxy groups -OCH3 is 1. The molecule has 1 saturated carbocycles. The van der Waals surface area contributed by atoms with Gasteiger partial charge in [0.15, 0.2) is 16.7 Å². The van der Waals surface area contributed by atoms with E-state index in [1.165, 1.54) is 11.8 Å². The molecule has 1 aliphatic heterocycles. The summed E-state index contributed by atoms with van der Waals surface area (Å²) in [6.07, 6.45) is 8.83. The van der Waals surface area contributed by atoms with Crippen molar-refractivity contribution in [2.24, 2.45) is 4.99 Å². The van der Waals surface area contributed by atoms with E-state index < -0.39 is 11.9 Å². The van der Waals surface area contributed by atoms with Crippen LogP contribution in [0.4, 0.5) is 0 Å². The second-order valence-electron chi connectivity index (χ2n) is 8.11. The van der Waals surface area contributed by atoms with Gasteiger partial charge in [0.2, 0.25) is 0 Å². The van der Waals surface area contributed by atoms with Crippen molar-refractivity contribution >= 4 is 29.4 Å². The molecule has 2 aromatic rings. The number of hydrogen-bond donors (Lipinski definition) is 3. The number of aliphatic imine (C=N–C) groups is 1. The number of rotatable bonds is 7. The zero-order chi connectivity index (χ0) is 26.2. The van der Waals surface area contributed by atoms with E-state index in [9.17, 15) is 14.7 Å². The molecule has 4 rings (SSSR count). The van der Waals surface area contributed by atoms with Crippen molar-refractivity contribution in [3.8, 4) is 11.5 Å². The second kappa shape index (κ2) is 12.5. The highest BCUT2D eigenvalue weighted by molar-refractivity contribution is 7.98. The first-order valence-electron chi connectivity index (χ1n) is 11.4. The number of benzene rings is 1. The Labute approximate surface area is 213 Å². The lowest BCUT2D eigenvalue weighted by Gasteiger charge is -2.37. The highest BCUT2D eigenvalue weighted by Crippen LogP contribution is 2.44. The first-order chi connectivity index (χ1) is 17.3. The van der Waals surface area contributed by atoms with Gasteiger partial charge in [-0.15, -0.1) is 0 Å². The van der Waals surface area contributed by atoms with E-state index in [-0.39, 0.29) is 18.1 Å². The number of aliphatic carboxylic acids is 2. The second-order valence-corrected chi connectivity index (χ2v) is 8.88.